The third-order valence-corrected chi connectivity index (χ3v) is 1.58. The van der Waals surface area contributed by atoms with Crippen molar-refractivity contribution in [3.8, 4) is 0 Å². The average molecular weight is 168 g/mol. The van der Waals surface area contributed by atoms with Crippen LogP contribution in [0.15, 0.2) is 22.4 Å². The van der Waals surface area contributed by atoms with E-state index in [2.05, 4.69) is 10.2 Å². The van der Waals surface area contributed by atoms with Crippen LogP contribution in [0.4, 0.5) is 0 Å². The van der Waals surface area contributed by atoms with E-state index in [1.54, 1.807) is 13.1 Å². The summed E-state index contributed by atoms with van der Waals surface area (Å²) in [5, 5.41) is 2.92. The molecule has 68 valence electrons. The van der Waals surface area contributed by atoms with Crippen molar-refractivity contribution in [2.24, 2.45) is 10.2 Å². The Balaban J connectivity index is 4.21. The molecular weight excluding hydrogens is 152 g/mol. The lowest BCUT2D eigenvalue weighted by molar-refractivity contribution is 0.930. The van der Waals surface area contributed by atoms with Crippen LogP contribution in [-0.2, 0) is 0 Å². The Bertz CT molecular complexity index is 185. The van der Waals surface area contributed by atoms with Gasteiger partial charge < -0.3 is 0 Å². The zero-order valence-electron chi connectivity index (χ0n) is 7.95. The van der Waals surface area contributed by atoms with Crippen molar-refractivity contribution < 1.29 is 0 Å². The van der Waals surface area contributed by atoms with Gasteiger partial charge in [-0.05, 0) is 19.8 Å². The highest BCUT2D eigenvalue weighted by molar-refractivity contribution is 5.89. The molecule has 0 amide bonds. The van der Waals surface area contributed by atoms with Gasteiger partial charge in [0.1, 0.15) is 6.04 Å². The molecule has 0 aromatic rings. The van der Waals surface area contributed by atoms with Crippen molar-refractivity contribution in [1.29, 1.82) is 0 Å². The minimum absolute atomic E-state index is 0.295. The van der Waals surface area contributed by atoms with Crippen molar-refractivity contribution in [1.82, 2.24) is 0 Å². The van der Waals surface area contributed by atoms with Crippen molar-refractivity contribution >= 4 is 5.71 Å². The van der Waals surface area contributed by atoms with Crippen LogP contribution in [0.2, 0.25) is 0 Å². The third-order valence-electron chi connectivity index (χ3n) is 1.58. The molecule has 0 aliphatic rings. The smallest absolute Gasteiger partial charge is 0.127 e. The van der Waals surface area contributed by atoms with Crippen LogP contribution in [0.5, 0.6) is 0 Å². The first-order valence-corrected chi connectivity index (χ1v) is 4.30. The Hall–Kier alpha value is -0.990. The van der Waals surface area contributed by atoms with Gasteiger partial charge >= 0.3 is 0 Å². The van der Waals surface area contributed by atoms with E-state index in [9.17, 15) is 4.91 Å². The first-order chi connectivity index (χ1) is 5.76. The number of hydrogen-bond donors (Lipinski definition) is 0. The molecule has 1 atom stereocenters. The van der Waals surface area contributed by atoms with Gasteiger partial charge in [0.05, 0.1) is 0 Å². The highest BCUT2D eigenvalue weighted by Crippen LogP contribution is 1.99. The van der Waals surface area contributed by atoms with E-state index in [-0.39, 0.29) is 6.04 Å². The number of nitrogens with zero attached hydrogens (tertiary/aromatic N) is 2. The van der Waals surface area contributed by atoms with Crippen molar-refractivity contribution in [2.45, 2.75) is 39.7 Å². The van der Waals surface area contributed by atoms with Gasteiger partial charge in [0, 0.05) is 11.9 Å². The third kappa shape index (κ3) is 4.01. The van der Waals surface area contributed by atoms with Crippen molar-refractivity contribution in [3.05, 3.63) is 17.2 Å². The second-order valence-corrected chi connectivity index (χ2v) is 2.55. The zero-order chi connectivity index (χ0) is 9.40. The van der Waals surface area contributed by atoms with Gasteiger partial charge in [-0.3, -0.25) is 4.99 Å². The zero-order valence-corrected chi connectivity index (χ0v) is 7.95. The predicted octanol–water partition coefficient (Wildman–Crippen LogP) is 2.92. The highest BCUT2D eigenvalue weighted by Gasteiger charge is 2.06. The van der Waals surface area contributed by atoms with E-state index in [0.29, 0.717) is 0 Å². The lowest BCUT2D eigenvalue weighted by Gasteiger charge is -2.02. The first kappa shape index (κ1) is 11.0. The van der Waals surface area contributed by atoms with Crippen LogP contribution >= 0.6 is 0 Å². The summed E-state index contributed by atoms with van der Waals surface area (Å²) in [7, 11) is 0. The monoisotopic (exact) mass is 168 g/mol. The fourth-order valence-electron chi connectivity index (χ4n) is 0.809. The van der Waals surface area contributed by atoms with Gasteiger partial charge in [-0.2, -0.15) is 4.91 Å². The van der Waals surface area contributed by atoms with Gasteiger partial charge in [0.15, 0.2) is 0 Å². The summed E-state index contributed by atoms with van der Waals surface area (Å²) in [5.74, 6) is 0. The molecule has 0 aromatic heterocycles. The minimum Gasteiger partial charge on any atom is -0.264 e. The minimum atomic E-state index is -0.295. The Morgan fingerprint density at radius 1 is 1.50 bits per heavy atom. The molecule has 1 unspecified atom stereocenters. The van der Waals surface area contributed by atoms with E-state index >= 15 is 0 Å². The number of aliphatic imine (C=N–C) groups is 1. The molecule has 0 spiro atoms. The van der Waals surface area contributed by atoms with Gasteiger partial charge in [-0.15, -0.1) is 0 Å². The van der Waals surface area contributed by atoms with E-state index < -0.39 is 0 Å². The number of rotatable bonds is 5. The Labute approximate surface area is 73.6 Å². The highest BCUT2D eigenvalue weighted by atomic mass is 16.3. The largest absolute Gasteiger partial charge is 0.264 e. The molecule has 0 N–H and O–H groups in total. The molecule has 0 saturated heterocycles. The summed E-state index contributed by atoms with van der Waals surface area (Å²) in [5.41, 5.74) is 0.842. The number of nitroso groups, excluding NO2 is 1. The quantitative estimate of drug-likeness (QED) is 0.459. The molecule has 0 aliphatic carbocycles. The van der Waals surface area contributed by atoms with Crippen LogP contribution in [0.1, 0.15) is 33.6 Å². The number of hydrogen-bond acceptors (Lipinski definition) is 3. The molecule has 0 aromatic carbocycles. The Kier molecular flexibility index (Phi) is 6.15. The standard InChI is InChI=1S/C9H16N2O/c1-4-6-7-10-9(5-2)8(3)11-12/h6-8H,4-5H2,1-3H3/b7-6-,10-9?. The summed E-state index contributed by atoms with van der Waals surface area (Å²) in [6.07, 6.45) is 5.43. The van der Waals surface area contributed by atoms with Crippen molar-refractivity contribution in [3.63, 3.8) is 0 Å². The van der Waals surface area contributed by atoms with E-state index in [0.717, 1.165) is 18.6 Å². The maximum Gasteiger partial charge on any atom is 0.127 e. The van der Waals surface area contributed by atoms with Crippen LogP contribution in [0.25, 0.3) is 0 Å². The molecule has 3 nitrogen and oxygen atoms in total. The van der Waals surface area contributed by atoms with Crippen LogP contribution in [0.3, 0.4) is 0 Å². The second-order valence-electron chi connectivity index (χ2n) is 2.55. The Morgan fingerprint density at radius 3 is 2.58 bits per heavy atom. The summed E-state index contributed by atoms with van der Waals surface area (Å²) in [6.45, 7) is 5.77. The van der Waals surface area contributed by atoms with Crippen molar-refractivity contribution in [2.75, 3.05) is 0 Å². The van der Waals surface area contributed by atoms with Crippen LogP contribution in [-0.4, -0.2) is 11.8 Å². The normalized spacial score (nSPS) is 15.1. The van der Waals surface area contributed by atoms with E-state index in [1.807, 2.05) is 19.9 Å². The fraction of sp³-hybridized carbons (Fsp3) is 0.667. The molecule has 0 rings (SSSR count). The fourth-order valence-corrected chi connectivity index (χ4v) is 0.809. The maximum atomic E-state index is 10.2. The maximum absolute atomic E-state index is 10.2. The molecule has 0 fully saturated rings. The molecule has 0 radical (unpaired) electrons. The summed E-state index contributed by atoms with van der Waals surface area (Å²) >= 11 is 0. The Morgan fingerprint density at radius 2 is 2.17 bits per heavy atom. The molecule has 0 aliphatic heterocycles. The lowest BCUT2D eigenvalue weighted by atomic mass is 10.2. The molecular formula is C9H16N2O. The molecule has 0 saturated carbocycles. The van der Waals surface area contributed by atoms with Crippen LogP contribution < -0.4 is 0 Å². The van der Waals surface area contributed by atoms with Gasteiger partial charge in [-0.1, -0.05) is 25.1 Å². The van der Waals surface area contributed by atoms with Gasteiger partial charge in [0.25, 0.3) is 0 Å². The molecule has 3 heteroatoms. The SMILES string of the molecule is CC/C=C\N=C(CC)C(C)N=O. The molecule has 0 bridgehead atoms. The summed E-state index contributed by atoms with van der Waals surface area (Å²) in [4.78, 5) is 14.3. The first-order valence-electron chi connectivity index (χ1n) is 4.30. The summed E-state index contributed by atoms with van der Waals surface area (Å²) < 4.78 is 0. The average Bonchev–Trinajstić information content (AvgIpc) is 2.11. The van der Waals surface area contributed by atoms with E-state index in [1.165, 1.54) is 0 Å². The second kappa shape index (κ2) is 6.70. The lowest BCUT2D eigenvalue weighted by Crippen LogP contribution is -2.12. The van der Waals surface area contributed by atoms with Gasteiger partial charge in [0.2, 0.25) is 0 Å². The predicted molar refractivity (Wildman–Crippen MR) is 52.4 cm³/mol. The molecule has 0 heterocycles. The number of allylic oxidation sites excluding steroid dienone is 1. The van der Waals surface area contributed by atoms with Gasteiger partial charge in [-0.25, -0.2) is 0 Å². The van der Waals surface area contributed by atoms with Crippen LogP contribution in [0, 0.1) is 4.91 Å². The van der Waals surface area contributed by atoms with E-state index in [4.69, 9.17) is 0 Å². The topological polar surface area (TPSA) is 41.8 Å². The summed E-state index contributed by atoms with van der Waals surface area (Å²) in [6, 6.07) is -0.295. The molecule has 12 heavy (non-hydrogen) atoms.